The van der Waals surface area contributed by atoms with Gasteiger partial charge in [0.05, 0.1) is 0 Å². The summed E-state index contributed by atoms with van der Waals surface area (Å²) in [6, 6.07) is 37.9. The van der Waals surface area contributed by atoms with Gasteiger partial charge in [-0.05, 0) is 105 Å². The Morgan fingerprint density at radius 3 is 2.00 bits per heavy atom. The lowest BCUT2D eigenvalue weighted by atomic mass is 9.74. The number of hydrogen-bond donors (Lipinski definition) is 4. The molecule has 0 aliphatic heterocycles. The van der Waals surface area contributed by atoms with Gasteiger partial charge in [0.25, 0.3) is 0 Å². The molecule has 0 saturated heterocycles. The molecule has 0 saturated carbocycles. The van der Waals surface area contributed by atoms with E-state index in [9.17, 15) is 0 Å². The highest BCUT2D eigenvalue weighted by molar-refractivity contribution is 7.84. The van der Waals surface area contributed by atoms with Gasteiger partial charge in [-0.1, -0.05) is 85.5 Å². The molecular weight excluding hydrogens is 561 g/mol. The van der Waals surface area contributed by atoms with Gasteiger partial charge in [-0.2, -0.15) is 0 Å². The van der Waals surface area contributed by atoms with Crippen LogP contribution >= 0.6 is 50.5 Å². The van der Waals surface area contributed by atoms with Crippen molar-refractivity contribution in [2.24, 2.45) is 0 Å². The van der Waals surface area contributed by atoms with E-state index >= 15 is 0 Å². The van der Waals surface area contributed by atoms with Crippen molar-refractivity contribution in [3.05, 3.63) is 156 Å². The standard InChI is InChI=1S/C36H30S4/c1-3-6-27(25-10-16-31(37)17-11-25)23-35(40)36(2,30-15-9-24-7-4-5-8-28(24)21-30)33-22-29(14-20-34(33)39)26-12-18-32(38)19-13-26/h3-23,37-40H,1H2,2H3/b27-6+,35-23-. The van der Waals surface area contributed by atoms with Crippen LogP contribution in [-0.4, -0.2) is 0 Å². The summed E-state index contributed by atoms with van der Waals surface area (Å²) in [7, 11) is 0. The lowest BCUT2D eigenvalue weighted by molar-refractivity contribution is 0.698. The second-order valence-electron chi connectivity index (χ2n) is 9.90. The first-order chi connectivity index (χ1) is 19.3. The van der Waals surface area contributed by atoms with E-state index < -0.39 is 5.41 Å². The monoisotopic (exact) mass is 590 g/mol. The lowest BCUT2D eigenvalue weighted by Crippen LogP contribution is -2.25. The number of rotatable bonds is 7. The first-order valence-electron chi connectivity index (χ1n) is 12.9. The molecule has 5 aromatic carbocycles. The average Bonchev–Trinajstić information content (AvgIpc) is 2.97. The van der Waals surface area contributed by atoms with E-state index in [0.717, 1.165) is 53.0 Å². The molecule has 0 radical (unpaired) electrons. The summed E-state index contributed by atoms with van der Waals surface area (Å²) in [5, 5.41) is 2.38. The maximum atomic E-state index is 5.24. The van der Waals surface area contributed by atoms with Crippen LogP contribution in [0, 0.1) is 0 Å². The van der Waals surface area contributed by atoms with Crippen molar-refractivity contribution in [2.45, 2.75) is 27.0 Å². The molecule has 0 aliphatic rings. The summed E-state index contributed by atoms with van der Waals surface area (Å²) < 4.78 is 0. The Kier molecular flexibility index (Phi) is 8.72. The van der Waals surface area contributed by atoms with Gasteiger partial charge in [-0.3, -0.25) is 0 Å². The Hall–Kier alpha value is -3.02. The average molecular weight is 591 g/mol. The molecule has 0 amide bonds. The zero-order valence-electron chi connectivity index (χ0n) is 22.1. The van der Waals surface area contributed by atoms with E-state index in [2.05, 4.69) is 130 Å². The minimum Gasteiger partial charge on any atom is -0.147 e. The molecule has 0 aromatic heterocycles. The van der Waals surface area contributed by atoms with Crippen molar-refractivity contribution in [3.63, 3.8) is 0 Å². The van der Waals surface area contributed by atoms with Gasteiger partial charge in [0.1, 0.15) is 0 Å². The van der Waals surface area contributed by atoms with Crippen LogP contribution in [0.5, 0.6) is 0 Å². The number of hydrogen-bond acceptors (Lipinski definition) is 4. The summed E-state index contributed by atoms with van der Waals surface area (Å²) in [6.07, 6.45) is 5.97. The van der Waals surface area contributed by atoms with Crippen molar-refractivity contribution in [1.82, 2.24) is 0 Å². The zero-order valence-corrected chi connectivity index (χ0v) is 25.7. The fourth-order valence-electron chi connectivity index (χ4n) is 5.01. The highest BCUT2D eigenvalue weighted by atomic mass is 32.1. The molecule has 0 aliphatic carbocycles. The van der Waals surface area contributed by atoms with Crippen molar-refractivity contribution in [3.8, 4) is 11.1 Å². The van der Waals surface area contributed by atoms with Crippen LogP contribution in [0.1, 0.15) is 23.6 Å². The van der Waals surface area contributed by atoms with Crippen LogP contribution in [0.3, 0.4) is 0 Å². The van der Waals surface area contributed by atoms with Gasteiger partial charge in [0.15, 0.2) is 0 Å². The van der Waals surface area contributed by atoms with Crippen LogP contribution in [0.25, 0.3) is 27.5 Å². The molecule has 0 fully saturated rings. The zero-order chi connectivity index (χ0) is 28.3. The molecule has 4 heteroatoms. The van der Waals surface area contributed by atoms with Crippen molar-refractivity contribution in [1.29, 1.82) is 0 Å². The molecule has 0 bridgehead atoms. The molecular formula is C36H30S4. The Balaban J connectivity index is 1.74. The minimum absolute atomic E-state index is 0.604. The van der Waals surface area contributed by atoms with E-state index in [4.69, 9.17) is 25.3 Å². The first kappa shape index (κ1) is 28.5. The summed E-state index contributed by atoms with van der Waals surface area (Å²) >= 11 is 19.2. The lowest BCUT2D eigenvalue weighted by Gasteiger charge is -2.34. The van der Waals surface area contributed by atoms with Gasteiger partial charge in [-0.15, -0.1) is 50.5 Å². The fraction of sp³-hybridized carbons (Fsp3) is 0.0556. The SMILES string of the molecule is C=C/C=C(\C=C(/S)C(C)(c1ccc2ccccc2c1)c1cc(-c2ccc(S)cc2)ccc1S)c1ccc(S)cc1. The molecule has 198 valence electrons. The summed E-state index contributed by atoms with van der Waals surface area (Å²) in [5.41, 5.74) is 5.92. The Labute approximate surface area is 259 Å². The van der Waals surface area contributed by atoms with Gasteiger partial charge < -0.3 is 0 Å². The normalized spacial score (nSPS) is 13.7. The van der Waals surface area contributed by atoms with E-state index in [-0.39, 0.29) is 0 Å². The van der Waals surface area contributed by atoms with Crippen LogP contribution in [0.4, 0.5) is 0 Å². The molecule has 1 unspecified atom stereocenters. The second-order valence-corrected chi connectivity index (χ2v) is 11.9. The van der Waals surface area contributed by atoms with E-state index in [1.54, 1.807) is 0 Å². The van der Waals surface area contributed by atoms with Gasteiger partial charge in [0.2, 0.25) is 0 Å². The number of benzene rings is 5. The third kappa shape index (κ3) is 5.87. The molecule has 5 aromatic rings. The third-order valence-electron chi connectivity index (χ3n) is 7.37. The minimum atomic E-state index is -0.604. The quantitative estimate of drug-likeness (QED) is 0.105. The van der Waals surface area contributed by atoms with Crippen LogP contribution < -0.4 is 0 Å². The maximum Gasteiger partial charge on any atom is 0.0491 e. The van der Waals surface area contributed by atoms with Crippen molar-refractivity contribution >= 4 is 66.9 Å². The summed E-state index contributed by atoms with van der Waals surface area (Å²) in [5.74, 6) is 0. The maximum absolute atomic E-state index is 5.24. The molecule has 1 atom stereocenters. The fourth-order valence-corrected chi connectivity index (χ4v) is 6.06. The van der Waals surface area contributed by atoms with Crippen LogP contribution in [-0.2, 0) is 5.41 Å². The number of fused-ring (bicyclic) bond motifs is 1. The van der Waals surface area contributed by atoms with Crippen molar-refractivity contribution in [2.75, 3.05) is 0 Å². The molecule has 5 rings (SSSR count). The molecule has 40 heavy (non-hydrogen) atoms. The molecule has 0 spiro atoms. The van der Waals surface area contributed by atoms with E-state index in [1.807, 2.05) is 36.4 Å². The van der Waals surface area contributed by atoms with Gasteiger partial charge >= 0.3 is 0 Å². The predicted molar refractivity (Wildman–Crippen MR) is 186 cm³/mol. The van der Waals surface area contributed by atoms with Gasteiger partial charge in [0, 0.05) is 20.1 Å². The Bertz CT molecular complexity index is 1740. The summed E-state index contributed by atoms with van der Waals surface area (Å²) in [4.78, 5) is 3.65. The molecule has 0 N–H and O–H groups in total. The van der Waals surface area contributed by atoms with E-state index in [1.165, 1.54) is 10.8 Å². The number of thiol groups is 4. The highest BCUT2D eigenvalue weighted by Gasteiger charge is 2.34. The third-order valence-corrected chi connectivity index (χ3v) is 8.93. The second kappa shape index (κ2) is 12.2. The first-order valence-corrected chi connectivity index (χ1v) is 14.7. The van der Waals surface area contributed by atoms with Crippen LogP contribution in [0.15, 0.2) is 154 Å². The van der Waals surface area contributed by atoms with Gasteiger partial charge in [-0.25, -0.2) is 0 Å². The summed E-state index contributed by atoms with van der Waals surface area (Å²) in [6.45, 7) is 6.20. The topological polar surface area (TPSA) is 0 Å². The Morgan fingerprint density at radius 2 is 1.32 bits per heavy atom. The van der Waals surface area contributed by atoms with E-state index in [0.29, 0.717) is 0 Å². The molecule has 0 nitrogen and oxygen atoms in total. The smallest absolute Gasteiger partial charge is 0.0491 e. The highest BCUT2D eigenvalue weighted by Crippen LogP contribution is 2.46. The molecule has 0 heterocycles. The predicted octanol–water partition coefficient (Wildman–Crippen LogP) is 10.8. The largest absolute Gasteiger partial charge is 0.147 e. The Morgan fingerprint density at radius 1 is 0.700 bits per heavy atom. The van der Waals surface area contributed by atoms with Crippen molar-refractivity contribution < 1.29 is 0 Å². The van der Waals surface area contributed by atoms with Crippen LogP contribution in [0.2, 0.25) is 0 Å². The number of allylic oxidation sites excluding steroid dienone is 5.